The lowest BCUT2D eigenvalue weighted by atomic mass is 10.0. The second-order valence-electron chi connectivity index (χ2n) is 4.43. The van der Waals surface area contributed by atoms with Crippen molar-refractivity contribution >= 4 is 29.1 Å². The molecule has 100 valence electrons. The summed E-state index contributed by atoms with van der Waals surface area (Å²) < 4.78 is 0. The Labute approximate surface area is 117 Å². The minimum atomic E-state index is -0.118. The zero-order valence-corrected chi connectivity index (χ0v) is 11.9. The summed E-state index contributed by atoms with van der Waals surface area (Å²) in [5.41, 5.74) is 0.738. The fourth-order valence-corrected chi connectivity index (χ4v) is 1.92. The molecule has 0 saturated carbocycles. The van der Waals surface area contributed by atoms with Crippen LogP contribution in [0.1, 0.15) is 19.4 Å². The van der Waals surface area contributed by atoms with Gasteiger partial charge in [-0.25, -0.2) is 0 Å². The van der Waals surface area contributed by atoms with E-state index < -0.39 is 0 Å². The van der Waals surface area contributed by atoms with Crippen LogP contribution in [0.3, 0.4) is 0 Å². The lowest BCUT2D eigenvalue weighted by molar-refractivity contribution is -0.121. The van der Waals surface area contributed by atoms with Crippen LogP contribution in [0.5, 0.6) is 0 Å². The third-order valence-electron chi connectivity index (χ3n) is 2.90. The van der Waals surface area contributed by atoms with Crippen LogP contribution in [0.4, 0.5) is 0 Å². The smallest absolute Gasteiger partial charge is 0.224 e. The van der Waals surface area contributed by atoms with Crippen LogP contribution in [-0.4, -0.2) is 23.7 Å². The van der Waals surface area contributed by atoms with Crippen molar-refractivity contribution in [3.63, 3.8) is 0 Å². The fraction of sp³-hybridized carbons (Fsp3) is 0.462. The van der Waals surface area contributed by atoms with Gasteiger partial charge in [-0.2, -0.15) is 0 Å². The Bertz CT molecular complexity index is 423. The van der Waals surface area contributed by atoms with Gasteiger partial charge >= 0.3 is 0 Å². The third kappa shape index (κ3) is 4.48. The van der Waals surface area contributed by atoms with Gasteiger partial charge < -0.3 is 10.4 Å². The predicted molar refractivity (Wildman–Crippen MR) is 74.0 cm³/mol. The monoisotopic (exact) mass is 289 g/mol. The number of aliphatic hydroxyl groups excluding tert-OH is 1. The number of rotatable bonds is 5. The standard InChI is InChI=1S/C13H17Cl2NO2/c1-8(7-17)9(2)16-13(18)5-10-3-4-11(14)6-12(10)15/h3-4,6,8-9,17H,5,7H2,1-2H3,(H,16,18). The molecule has 0 aromatic heterocycles. The van der Waals surface area contributed by atoms with Crippen LogP contribution >= 0.6 is 23.2 Å². The molecule has 18 heavy (non-hydrogen) atoms. The van der Waals surface area contributed by atoms with Crippen LogP contribution in [0, 0.1) is 5.92 Å². The summed E-state index contributed by atoms with van der Waals surface area (Å²) in [4.78, 5) is 11.8. The molecule has 0 aliphatic heterocycles. The molecule has 1 aromatic rings. The van der Waals surface area contributed by atoms with Crippen molar-refractivity contribution in [2.75, 3.05) is 6.61 Å². The highest BCUT2D eigenvalue weighted by Crippen LogP contribution is 2.21. The quantitative estimate of drug-likeness (QED) is 0.876. The average Bonchev–Trinajstić information content (AvgIpc) is 2.31. The zero-order chi connectivity index (χ0) is 13.7. The van der Waals surface area contributed by atoms with Crippen molar-refractivity contribution < 1.29 is 9.90 Å². The summed E-state index contributed by atoms with van der Waals surface area (Å²) >= 11 is 11.8. The normalized spacial score (nSPS) is 14.1. The first kappa shape index (κ1) is 15.3. The first-order valence-electron chi connectivity index (χ1n) is 5.78. The maximum absolute atomic E-state index is 11.8. The highest BCUT2D eigenvalue weighted by Gasteiger charge is 2.15. The van der Waals surface area contributed by atoms with Gasteiger partial charge in [0.2, 0.25) is 5.91 Å². The number of benzene rings is 1. The van der Waals surface area contributed by atoms with Crippen LogP contribution in [0.2, 0.25) is 10.0 Å². The number of amides is 1. The van der Waals surface area contributed by atoms with Gasteiger partial charge in [-0.15, -0.1) is 0 Å². The molecule has 1 amide bonds. The second-order valence-corrected chi connectivity index (χ2v) is 5.27. The molecule has 1 rings (SSSR count). The number of aliphatic hydroxyl groups is 1. The van der Waals surface area contributed by atoms with E-state index in [-0.39, 0.29) is 30.9 Å². The Kier molecular flexibility index (Phi) is 5.93. The molecule has 2 N–H and O–H groups in total. The largest absolute Gasteiger partial charge is 0.396 e. The summed E-state index contributed by atoms with van der Waals surface area (Å²) in [6, 6.07) is 4.99. The molecule has 2 unspecified atom stereocenters. The minimum absolute atomic E-state index is 0.0228. The van der Waals surface area contributed by atoms with Crippen LogP contribution in [0.15, 0.2) is 18.2 Å². The van der Waals surface area contributed by atoms with E-state index in [1.165, 1.54) is 0 Å². The molecular weight excluding hydrogens is 273 g/mol. The Morgan fingerprint density at radius 2 is 2.06 bits per heavy atom. The van der Waals surface area contributed by atoms with Gasteiger partial charge in [0.15, 0.2) is 0 Å². The van der Waals surface area contributed by atoms with E-state index in [0.717, 1.165) is 5.56 Å². The number of hydrogen-bond donors (Lipinski definition) is 2. The van der Waals surface area contributed by atoms with Gasteiger partial charge in [0.25, 0.3) is 0 Å². The average molecular weight is 290 g/mol. The summed E-state index contributed by atoms with van der Waals surface area (Å²) in [5.74, 6) is -0.0957. The molecule has 2 atom stereocenters. The Morgan fingerprint density at radius 3 is 2.61 bits per heavy atom. The van der Waals surface area contributed by atoms with E-state index >= 15 is 0 Å². The summed E-state index contributed by atoms with van der Waals surface area (Å²) in [6.07, 6.45) is 0.207. The van der Waals surface area contributed by atoms with E-state index in [0.29, 0.717) is 10.0 Å². The Hall–Kier alpha value is -0.770. The van der Waals surface area contributed by atoms with Crippen molar-refractivity contribution in [1.82, 2.24) is 5.32 Å². The Balaban J connectivity index is 2.59. The second kappa shape index (κ2) is 6.98. The van der Waals surface area contributed by atoms with Crippen molar-refractivity contribution in [3.8, 4) is 0 Å². The molecule has 0 fully saturated rings. The van der Waals surface area contributed by atoms with E-state index in [1.54, 1.807) is 18.2 Å². The van der Waals surface area contributed by atoms with E-state index in [4.69, 9.17) is 28.3 Å². The number of nitrogens with one attached hydrogen (secondary N) is 1. The van der Waals surface area contributed by atoms with Crippen LogP contribution in [0.25, 0.3) is 0 Å². The van der Waals surface area contributed by atoms with E-state index in [2.05, 4.69) is 5.32 Å². The van der Waals surface area contributed by atoms with Gasteiger partial charge in [-0.3, -0.25) is 4.79 Å². The lowest BCUT2D eigenvalue weighted by Gasteiger charge is -2.19. The number of carbonyl (C=O) groups is 1. The fourth-order valence-electron chi connectivity index (χ4n) is 1.44. The number of hydrogen-bond acceptors (Lipinski definition) is 2. The van der Waals surface area contributed by atoms with Gasteiger partial charge in [0, 0.05) is 22.7 Å². The first-order valence-corrected chi connectivity index (χ1v) is 6.53. The summed E-state index contributed by atoms with van der Waals surface area (Å²) in [7, 11) is 0. The Morgan fingerprint density at radius 1 is 1.39 bits per heavy atom. The zero-order valence-electron chi connectivity index (χ0n) is 10.4. The topological polar surface area (TPSA) is 49.3 Å². The minimum Gasteiger partial charge on any atom is -0.396 e. The summed E-state index contributed by atoms with van der Waals surface area (Å²) in [5, 5.41) is 12.9. The first-order chi connectivity index (χ1) is 8.43. The number of halogens is 2. The highest BCUT2D eigenvalue weighted by atomic mass is 35.5. The van der Waals surface area contributed by atoms with Crippen LogP contribution in [-0.2, 0) is 11.2 Å². The van der Waals surface area contributed by atoms with Crippen molar-refractivity contribution in [2.24, 2.45) is 5.92 Å². The van der Waals surface area contributed by atoms with Crippen LogP contribution < -0.4 is 5.32 Å². The molecule has 0 bridgehead atoms. The van der Waals surface area contributed by atoms with Crippen molar-refractivity contribution in [1.29, 1.82) is 0 Å². The molecule has 0 saturated heterocycles. The summed E-state index contributed by atoms with van der Waals surface area (Å²) in [6.45, 7) is 3.78. The molecule has 0 aliphatic carbocycles. The molecule has 1 aromatic carbocycles. The molecule has 3 nitrogen and oxygen atoms in total. The molecule has 0 aliphatic rings. The predicted octanol–water partition coefficient (Wildman–Crippen LogP) is 2.67. The maximum atomic E-state index is 11.8. The van der Waals surface area contributed by atoms with Gasteiger partial charge in [0.1, 0.15) is 0 Å². The molecular formula is C13H17Cl2NO2. The molecule has 0 radical (unpaired) electrons. The molecule has 0 spiro atoms. The highest BCUT2D eigenvalue weighted by molar-refractivity contribution is 6.35. The maximum Gasteiger partial charge on any atom is 0.224 e. The van der Waals surface area contributed by atoms with E-state index in [9.17, 15) is 4.79 Å². The third-order valence-corrected chi connectivity index (χ3v) is 3.48. The van der Waals surface area contributed by atoms with Gasteiger partial charge in [-0.1, -0.05) is 36.2 Å². The SMILES string of the molecule is CC(CO)C(C)NC(=O)Cc1ccc(Cl)cc1Cl. The lowest BCUT2D eigenvalue weighted by Crippen LogP contribution is -2.39. The number of carbonyl (C=O) groups excluding carboxylic acids is 1. The van der Waals surface area contributed by atoms with Crippen molar-refractivity contribution in [2.45, 2.75) is 26.3 Å². The molecule has 0 heterocycles. The van der Waals surface area contributed by atoms with Gasteiger partial charge in [0.05, 0.1) is 6.42 Å². The van der Waals surface area contributed by atoms with E-state index in [1.807, 2.05) is 13.8 Å². The van der Waals surface area contributed by atoms with Gasteiger partial charge in [-0.05, 0) is 30.5 Å². The molecule has 5 heteroatoms. The van der Waals surface area contributed by atoms with Crippen molar-refractivity contribution in [3.05, 3.63) is 33.8 Å².